The lowest BCUT2D eigenvalue weighted by Gasteiger charge is -2.38. The van der Waals surface area contributed by atoms with Crippen LogP contribution in [0.1, 0.15) is 12.8 Å². The van der Waals surface area contributed by atoms with E-state index in [1.54, 1.807) is 19.4 Å². The molecule has 0 bridgehead atoms. The highest BCUT2D eigenvalue weighted by molar-refractivity contribution is 5.67. The summed E-state index contributed by atoms with van der Waals surface area (Å²) in [6.07, 6.45) is 2.29. The number of aliphatic hydroxyl groups excluding tert-OH is 1. The number of piperidine rings is 1. The van der Waals surface area contributed by atoms with Crippen molar-refractivity contribution in [3.63, 3.8) is 0 Å². The zero-order valence-electron chi connectivity index (χ0n) is 9.84. The molecule has 6 heteroatoms. The number of methoxy groups -OCH3 is 1. The van der Waals surface area contributed by atoms with E-state index in [-0.39, 0.29) is 12.3 Å². The maximum Gasteiger partial charge on any atom is 0.153 e. The number of anilines is 3. The van der Waals surface area contributed by atoms with Crippen LogP contribution in [0.3, 0.4) is 0 Å². The van der Waals surface area contributed by atoms with Crippen molar-refractivity contribution in [3.05, 3.63) is 12.3 Å². The van der Waals surface area contributed by atoms with Crippen molar-refractivity contribution in [1.29, 1.82) is 0 Å². The second kappa shape index (κ2) is 4.77. The zero-order valence-corrected chi connectivity index (χ0v) is 9.84. The van der Waals surface area contributed by atoms with Crippen LogP contribution in [0.25, 0.3) is 0 Å². The Morgan fingerprint density at radius 2 is 2.29 bits per heavy atom. The molecule has 1 saturated heterocycles. The minimum Gasteiger partial charge on any atom is -0.397 e. The molecule has 1 aliphatic heterocycles. The number of hydrogen-bond acceptors (Lipinski definition) is 6. The molecule has 17 heavy (non-hydrogen) atoms. The van der Waals surface area contributed by atoms with Crippen molar-refractivity contribution in [2.45, 2.75) is 25.2 Å². The zero-order chi connectivity index (χ0) is 12.4. The Bertz CT molecular complexity index is 399. The fourth-order valence-corrected chi connectivity index (χ4v) is 2.11. The highest BCUT2D eigenvalue weighted by atomic mass is 16.5. The van der Waals surface area contributed by atoms with Crippen molar-refractivity contribution >= 4 is 17.2 Å². The van der Waals surface area contributed by atoms with Gasteiger partial charge in [0, 0.05) is 20.1 Å². The average molecular weight is 238 g/mol. The predicted molar refractivity (Wildman–Crippen MR) is 66.4 cm³/mol. The van der Waals surface area contributed by atoms with Crippen LogP contribution < -0.4 is 16.4 Å². The van der Waals surface area contributed by atoms with Gasteiger partial charge in [0.1, 0.15) is 6.23 Å². The predicted octanol–water partition coefficient (Wildman–Crippen LogP) is 0.180. The molecule has 94 valence electrons. The van der Waals surface area contributed by atoms with Gasteiger partial charge in [-0.25, -0.2) is 4.98 Å². The Hall–Kier alpha value is -1.53. The Morgan fingerprint density at radius 3 is 2.94 bits per heavy atom. The van der Waals surface area contributed by atoms with Crippen molar-refractivity contribution in [2.24, 2.45) is 0 Å². The molecule has 0 amide bonds. The highest BCUT2D eigenvalue weighted by Gasteiger charge is 2.29. The normalized spacial score (nSPS) is 24.9. The van der Waals surface area contributed by atoms with Gasteiger partial charge in [0.25, 0.3) is 0 Å². The summed E-state index contributed by atoms with van der Waals surface area (Å²) in [4.78, 5) is 6.20. The molecule has 0 radical (unpaired) electrons. The lowest BCUT2D eigenvalue weighted by molar-refractivity contribution is 0.0196. The van der Waals surface area contributed by atoms with Gasteiger partial charge in [-0.3, -0.25) is 0 Å². The van der Waals surface area contributed by atoms with Crippen molar-refractivity contribution in [2.75, 3.05) is 30.0 Å². The average Bonchev–Trinajstić information content (AvgIpc) is 2.30. The quantitative estimate of drug-likeness (QED) is 0.680. The summed E-state index contributed by atoms with van der Waals surface area (Å²) in [5.41, 5.74) is 12.6. The summed E-state index contributed by atoms with van der Waals surface area (Å²) in [6.45, 7) is 0.667. The summed E-state index contributed by atoms with van der Waals surface area (Å²) >= 11 is 0. The molecule has 5 N–H and O–H groups in total. The number of aromatic nitrogens is 1. The van der Waals surface area contributed by atoms with E-state index < -0.39 is 0 Å². The fourth-order valence-electron chi connectivity index (χ4n) is 2.11. The number of nitrogens with zero attached hydrogens (tertiary/aromatic N) is 2. The highest BCUT2D eigenvalue weighted by Crippen LogP contribution is 2.29. The molecule has 2 unspecified atom stereocenters. The lowest BCUT2D eigenvalue weighted by atomic mass is 10.1. The maximum absolute atomic E-state index is 9.61. The molecule has 2 atom stereocenters. The molecule has 0 saturated carbocycles. The molecule has 0 aliphatic carbocycles. The minimum atomic E-state index is -0.328. The molecule has 0 aromatic carbocycles. The maximum atomic E-state index is 9.61. The van der Waals surface area contributed by atoms with E-state index in [0.717, 1.165) is 0 Å². The standard InChI is InChI=1S/C11H18N4O2/c1-17-10-5-8(16)2-3-15(10)11-9(13)4-7(12)6-14-11/h4,6,8,10,16H,2-3,5,12-13H2,1H3. The number of ether oxygens (including phenoxy) is 1. The second-order valence-corrected chi connectivity index (χ2v) is 4.24. The largest absolute Gasteiger partial charge is 0.397 e. The van der Waals surface area contributed by atoms with E-state index in [0.29, 0.717) is 36.6 Å². The Morgan fingerprint density at radius 1 is 1.53 bits per heavy atom. The van der Waals surface area contributed by atoms with Gasteiger partial charge < -0.3 is 26.2 Å². The number of nitrogens with two attached hydrogens (primary N) is 2. The van der Waals surface area contributed by atoms with E-state index in [2.05, 4.69) is 4.98 Å². The van der Waals surface area contributed by atoms with Crippen LogP contribution >= 0.6 is 0 Å². The molecule has 1 aromatic rings. The molecule has 1 aliphatic rings. The molecular formula is C11H18N4O2. The van der Waals surface area contributed by atoms with Crippen LogP contribution in [-0.4, -0.2) is 36.1 Å². The number of rotatable bonds is 2. The first-order chi connectivity index (χ1) is 8.11. The third kappa shape index (κ3) is 2.42. The minimum absolute atomic E-state index is 0.197. The van der Waals surface area contributed by atoms with Crippen LogP contribution in [0, 0.1) is 0 Å². The van der Waals surface area contributed by atoms with Gasteiger partial charge in [0.15, 0.2) is 5.82 Å². The molecule has 6 nitrogen and oxygen atoms in total. The number of aliphatic hydroxyl groups is 1. The number of hydrogen-bond donors (Lipinski definition) is 3. The first kappa shape index (κ1) is 11.9. The van der Waals surface area contributed by atoms with E-state index in [9.17, 15) is 5.11 Å². The smallest absolute Gasteiger partial charge is 0.153 e. The second-order valence-electron chi connectivity index (χ2n) is 4.24. The van der Waals surface area contributed by atoms with Crippen molar-refractivity contribution < 1.29 is 9.84 Å². The number of nitrogen functional groups attached to an aromatic ring is 2. The molecule has 0 spiro atoms. The number of pyridine rings is 1. The van der Waals surface area contributed by atoms with Crippen molar-refractivity contribution in [1.82, 2.24) is 4.98 Å². The SMILES string of the molecule is COC1CC(O)CCN1c1ncc(N)cc1N. The molecule has 2 heterocycles. The van der Waals surface area contributed by atoms with Crippen LogP contribution in [0.2, 0.25) is 0 Å². The summed E-state index contributed by atoms with van der Waals surface area (Å²) in [6, 6.07) is 1.68. The lowest BCUT2D eigenvalue weighted by Crippen LogP contribution is -2.46. The van der Waals surface area contributed by atoms with Gasteiger partial charge in [-0.15, -0.1) is 0 Å². The van der Waals surface area contributed by atoms with E-state index >= 15 is 0 Å². The Kier molecular flexibility index (Phi) is 3.35. The van der Waals surface area contributed by atoms with Crippen LogP contribution in [-0.2, 0) is 4.74 Å². The monoisotopic (exact) mass is 238 g/mol. The van der Waals surface area contributed by atoms with Gasteiger partial charge in [-0.05, 0) is 12.5 Å². The van der Waals surface area contributed by atoms with Crippen LogP contribution in [0.4, 0.5) is 17.2 Å². The first-order valence-electron chi connectivity index (χ1n) is 5.60. The van der Waals surface area contributed by atoms with Gasteiger partial charge in [0.2, 0.25) is 0 Å². The van der Waals surface area contributed by atoms with Crippen molar-refractivity contribution in [3.8, 4) is 0 Å². The Labute approximate surface area is 100 Å². The Balaban J connectivity index is 2.25. The third-order valence-electron chi connectivity index (χ3n) is 2.98. The summed E-state index contributed by atoms with van der Waals surface area (Å²) in [7, 11) is 1.61. The fraction of sp³-hybridized carbons (Fsp3) is 0.545. The van der Waals surface area contributed by atoms with Gasteiger partial charge >= 0.3 is 0 Å². The van der Waals surface area contributed by atoms with E-state index in [4.69, 9.17) is 16.2 Å². The van der Waals surface area contributed by atoms with Crippen LogP contribution in [0.15, 0.2) is 12.3 Å². The first-order valence-corrected chi connectivity index (χ1v) is 5.60. The van der Waals surface area contributed by atoms with Crippen LogP contribution in [0.5, 0.6) is 0 Å². The van der Waals surface area contributed by atoms with Gasteiger partial charge in [0.05, 0.1) is 23.7 Å². The van der Waals surface area contributed by atoms with E-state index in [1.807, 2.05) is 4.90 Å². The van der Waals surface area contributed by atoms with Gasteiger partial charge in [-0.2, -0.15) is 0 Å². The molecule has 1 aromatic heterocycles. The third-order valence-corrected chi connectivity index (χ3v) is 2.98. The summed E-state index contributed by atoms with van der Waals surface area (Å²) in [5.74, 6) is 0.665. The summed E-state index contributed by atoms with van der Waals surface area (Å²) < 4.78 is 5.35. The van der Waals surface area contributed by atoms with Gasteiger partial charge in [-0.1, -0.05) is 0 Å². The topological polar surface area (TPSA) is 97.6 Å². The summed E-state index contributed by atoms with van der Waals surface area (Å²) in [5, 5.41) is 9.61. The van der Waals surface area contributed by atoms with E-state index in [1.165, 1.54) is 0 Å². The molecule has 2 rings (SSSR count). The molecular weight excluding hydrogens is 220 g/mol. The molecule has 1 fully saturated rings.